The summed E-state index contributed by atoms with van der Waals surface area (Å²) < 4.78 is 10.8. The Morgan fingerprint density at radius 3 is 2.57 bits per heavy atom. The summed E-state index contributed by atoms with van der Waals surface area (Å²) >= 11 is 0. The van der Waals surface area contributed by atoms with E-state index in [0.717, 1.165) is 0 Å². The number of fused-ring (bicyclic) bond motifs is 1. The van der Waals surface area contributed by atoms with Gasteiger partial charge in [-0.3, -0.25) is 9.59 Å². The SMILES string of the molecule is CCC(C)(CC(=O)O)NC(=O)c1ccc2c(c1)OCCO2. The molecule has 1 atom stereocenters. The molecule has 1 aromatic carbocycles. The molecule has 6 nitrogen and oxygen atoms in total. The zero-order chi connectivity index (χ0) is 15.5. The lowest BCUT2D eigenvalue weighted by molar-refractivity contribution is -0.138. The van der Waals surface area contributed by atoms with Crippen LogP contribution in [0.1, 0.15) is 37.0 Å². The summed E-state index contributed by atoms with van der Waals surface area (Å²) in [6.07, 6.45) is 0.398. The second kappa shape index (κ2) is 6.03. The number of aliphatic carboxylic acids is 1. The van der Waals surface area contributed by atoms with E-state index in [1.165, 1.54) is 0 Å². The Hall–Kier alpha value is -2.24. The fourth-order valence-electron chi connectivity index (χ4n) is 2.12. The van der Waals surface area contributed by atoms with E-state index < -0.39 is 11.5 Å². The van der Waals surface area contributed by atoms with Crippen LogP contribution in [0, 0.1) is 0 Å². The highest BCUT2D eigenvalue weighted by Crippen LogP contribution is 2.31. The van der Waals surface area contributed by atoms with Crippen LogP contribution in [0.4, 0.5) is 0 Å². The number of carboxylic acids is 1. The second-order valence-electron chi connectivity index (χ2n) is 5.30. The Balaban J connectivity index is 2.14. The minimum Gasteiger partial charge on any atom is -0.486 e. The Labute approximate surface area is 123 Å². The highest BCUT2D eigenvalue weighted by atomic mass is 16.6. The number of hydrogen-bond donors (Lipinski definition) is 2. The number of carbonyl (C=O) groups is 2. The molecule has 1 amide bonds. The Morgan fingerprint density at radius 2 is 1.95 bits per heavy atom. The lowest BCUT2D eigenvalue weighted by Crippen LogP contribution is -2.47. The molecule has 0 aromatic heterocycles. The van der Waals surface area contributed by atoms with Crippen LogP contribution in [-0.4, -0.2) is 35.7 Å². The first kappa shape index (κ1) is 15.2. The van der Waals surface area contributed by atoms with Gasteiger partial charge in [-0.1, -0.05) is 6.92 Å². The van der Waals surface area contributed by atoms with Crippen molar-refractivity contribution in [2.45, 2.75) is 32.2 Å². The monoisotopic (exact) mass is 293 g/mol. The molecule has 114 valence electrons. The fraction of sp³-hybridized carbons (Fsp3) is 0.467. The number of benzene rings is 1. The van der Waals surface area contributed by atoms with Crippen LogP contribution < -0.4 is 14.8 Å². The summed E-state index contributed by atoms with van der Waals surface area (Å²) in [5, 5.41) is 11.7. The Morgan fingerprint density at radius 1 is 1.29 bits per heavy atom. The van der Waals surface area contributed by atoms with E-state index in [-0.39, 0.29) is 12.3 Å². The zero-order valence-electron chi connectivity index (χ0n) is 12.1. The van der Waals surface area contributed by atoms with Gasteiger partial charge in [0.05, 0.1) is 6.42 Å². The molecule has 0 saturated carbocycles. The molecule has 2 rings (SSSR count). The van der Waals surface area contributed by atoms with Crippen molar-refractivity contribution in [1.29, 1.82) is 0 Å². The smallest absolute Gasteiger partial charge is 0.305 e. The molecular weight excluding hydrogens is 274 g/mol. The van der Waals surface area contributed by atoms with Crippen molar-refractivity contribution in [1.82, 2.24) is 5.32 Å². The predicted molar refractivity (Wildman–Crippen MR) is 75.8 cm³/mol. The molecule has 0 fully saturated rings. The molecule has 2 N–H and O–H groups in total. The van der Waals surface area contributed by atoms with Crippen molar-refractivity contribution in [3.63, 3.8) is 0 Å². The van der Waals surface area contributed by atoms with E-state index in [0.29, 0.717) is 36.7 Å². The van der Waals surface area contributed by atoms with E-state index in [9.17, 15) is 9.59 Å². The molecule has 1 unspecified atom stereocenters. The molecule has 0 bridgehead atoms. The van der Waals surface area contributed by atoms with Gasteiger partial charge in [0.25, 0.3) is 5.91 Å². The molecular formula is C15H19NO5. The summed E-state index contributed by atoms with van der Waals surface area (Å²) in [7, 11) is 0. The number of nitrogens with one attached hydrogen (secondary N) is 1. The van der Waals surface area contributed by atoms with E-state index in [4.69, 9.17) is 14.6 Å². The van der Waals surface area contributed by atoms with E-state index in [1.807, 2.05) is 6.92 Å². The largest absolute Gasteiger partial charge is 0.486 e. The molecule has 0 spiro atoms. The molecule has 6 heteroatoms. The molecule has 21 heavy (non-hydrogen) atoms. The van der Waals surface area contributed by atoms with Crippen molar-refractivity contribution in [3.8, 4) is 11.5 Å². The molecule has 0 saturated heterocycles. The van der Waals surface area contributed by atoms with Crippen LogP contribution in [0.5, 0.6) is 11.5 Å². The van der Waals surface area contributed by atoms with Gasteiger partial charge in [-0.25, -0.2) is 0 Å². The first-order chi connectivity index (χ1) is 9.93. The van der Waals surface area contributed by atoms with Crippen LogP contribution in [0.2, 0.25) is 0 Å². The van der Waals surface area contributed by atoms with Gasteiger partial charge in [0, 0.05) is 11.1 Å². The van der Waals surface area contributed by atoms with Crippen molar-refractivity contribution < 1.29 is 24.2 Å². The quantitative estimate of drug-likeness (QED) is 0.865. The first-order valence-corrected chi connectivity index (χ1v) is 6.87. The Kier molecular flexibility index (Phi) is 4.35. The van der Waals surface area contributed by atoms with Gasteiger partial charge >= 0.3 is 5.97 Å². The van der Waals surface area contributed by atoms with E-state index in [1.54, 1.807) is 25.1 Å². The predicted octanol–water partition coefficient (Wildman–Crippen LogP) is 1.83. The second-order valence-corrected chi connectivity index (χ2v) is 5.30. The lowest BCUT2D eigenvalue weighted by Gasteiger charge is -2.28. The number of rotatable bonds is 5. The maximum Gasteiger partial charge on any atom is 0.305 e. The number of hydrogen-bond acceptors (Lipinski definition) is 4. The van der Waals surface area contributed by atoms with Crippen LogP contribution in [0.25, 0.3) is 0 Å². The average Bonchev–Trinajstić information content (AvgIpc) is 2.45. The van der Waals surface area contributed by atoms with Gasteiger partial charge < -0.3 is 19.9 Å². The van der Waals surface area contributed by atoms with Crippen molar-refractivity contribution >= 4 is 11.9 Å². The summed E-state index contributed by atoms with van der Waals surface area (Å²) in [5.74, 6) is -0.119. The van der Waals surface area contributed by atoms with Gasteiger partial charge in [0.15, 0.2) is 11.5 Å². The third-order valence-corrected chi connectivity index (χ3v) is 3.54. The third kappa shape index (κ3) is 3.65. The minimum atomic E-state index is -0.943. The van der Waals surface area contributed by atoms with Crippen molar-refractivity contribution in [3.05, 3.63) is 23.8 Å². The highest BCUT2D eigenvalue weighted by molar-refractivity contribution is 5.95. The fourth-order valence-corrected chi connectivity index (χ4v) is 2.12. The van der Waals surface area contributed by atoms with Gasteiger partial charge in [0.1, 0.15) is 13.2 Å². The normalized spacial score (nSPS) is 15.9. The molecule has 0 aliphatic carbocycles. The molecule has 0 radical (unpaired) electrons. The van der Waals surface area contributed by atoms with Crippen molar-refractivity contribution in [2.24, 2.45) is 0 Å². The topological polar surface area (TPSA) is 84.9 Å². The Bertz CT molecular complexity index is 557. The van der Waals surface area contributed by atoms with Crippen LogP contribution in [-0.2, 0) is 4.79 Å². The van der Waals surface area contributed by atoms with Gasteiger partial charge in [0.2, 0.25) is 0 Å². The van der Waals surface area contributed by atoms with Gasteiger partial charge in [-0.2, -0.15) is 0 Å². The van der Waals surface area contributed by atoms with Gasteiger partial charge in [-0.05, 0) is 31.5 Å². The zero-order valence-corrected chi connectivity index (χ0v) is 12.1. The third-order valence-electron chi connectivity index (χ3n) is 3.54. The molecule has 1 heterocycles. The molecule has 1 aliphatic rings. The maximum absolute atomic E-state index is 12.3. The van der Waals surface area contributed by atoms with Gasteiger partial charge in [-0.15, -0.1) is 0 Å². The van der Waals surface area contributed by atoms with Crippen LogP contribution in [0.3, 0.4) is 0 Å². The van der Waals surface area contributed by atoms with Crippen LogP contribution in [0.15, 0.2) is 18.2 Å². The van der Waals surface area contributed by atoms with E-state index >= 15 is 0 Å². The summed E-state index contributed by atoms with van der Waals surface area (Å²) in [4.78, 5) is 23.2. The van der Waals surface area contributed by atoms with Crippen molar-refractivity contribution in [2.75, 3.05) is 13.2 Å². The first-order valence-electron chi connectivity index (χ1n) is 6.87. The molecule has 1 aliphatic heterocycles. The molecule has 1 aromatic rings. The highest BCUT2D eigenvalue weighted by Gasteiger charge is 2.28. The minimum absolute atomic E-state index is 0.125. The number of carboxylic acid groups (broad SMARTS) is 1. The maximum atomic E-state index is 12.3. The summed E-state index contributed by atoms with van der Waals surface area (Å²) in [6.45, 7) is 4.50. The number of ether oxygens (including phenoxy) is 2. The summed E-state index contributed by atoms with van der Waals surface area (Å²) in [6, 6.07) is 4.93. The van der Waals surface area contributed by atoms with E-state index in [2.05, 4.69) is 5.32 Å². The van der Waals surface area contributed by atoms with Crippen LogP contribution >= 0.6 is 0 Å². The standard InChI is InChI=1S/C15H19NO5/c1-3-15(2,9-13(17)18)16-14(19)10-4-5-11-12(8-10)21-7-6-20-11/h4-5,8H,3,6-7,9H2,1-2H3,(H,16,19)(H,17,18). The average molecular weight is 293 g/mol. The number of carbonyl (C=O) groups excluding carboxylic acids is 1. The number of amides is 1. The summed E-state index contributed by atoms with van der Waals surface area (Å²) in [5.41, 5.74) is -0.361. The lowest BCUT2D eigenvalue weighted by atomic mass is 9.94.